The molecule has 0 radical (unpaired) electrons. The fourth-order valence-electron chi connectivity index (χ4n) is 7.17. The monoisotopic (exact) mass is 465 g/mol. The number of hydrogen-bond donors (Lipinski definition) is 0. The molecule has 0 fully saturated rings. The van der Waals surface area contributed by atoms with Gasteiger partial charge >= 0.3 is 0 Å². The third kappa shape index (κ3) is 2.21. The minimum absolute atomic E-state index is 0.742. The van der Waals surface area contributed by atoms with Crippen LogP contribution in [0.15, 0.2) is 97.1 Å². The third-order valence-corrected chi connectivity index (χ3v) is 8.72. The lowest BCUT2D eigenvalue weighted by molar-refractivity contribution is 1.51. The molecule has 0 atom stereocenters. The summed E-state index contributed by atoms with van der Waals surface area (Å²) in [7, 11) is 0. The Hall–Kier alpha value is -4.93. The molecule has 9 rings (SSSR count). The second-order valence-electron chi connectivity index (χ2n) is 10.4. The second-order valence-corrected chi connectivity index (χ2v) is 10.4. The van der Waals surface area contributed by atoms with E-state index >= 15 is 0 Å². The molecule has 0 N–H and O–H groups in total. The summed E-state index contributed by atoms with van der Waals surface area (Å²) >= 11 is 0. The first-order chi connectivity index (χ1) is 18.2. The highest BCUT2D eigenvalue weighted by atomic mass is 14.3. The van der Waals surface area contributed by atoms with Gasteiger partial charge in [-0.15, -0.1) is 0 Å². The van der Waals surface area contributed by atoms with E-state index in [0.717, 1.165) is 10.9 Å². The van der Waals surface area contributed by atoms with E-state index in [0.29, 0.717) is 0 Å². The van der Waals surface area contributed by atoms with Crippen LogP contribution in [0, 0.1) is 18.3 Å². The number of fused-ring (bicyclic) bond motifs is 9. The summed E-state index contributed by atoms with van der Waals surface area (Å²) in [6.45, 7) is 2.26. The summed E-state index contributed by atoms with van der Waals surface area (Å²) in [5.74, 6) is 0. The molecule has 1 heteroatoms. The van der Waals surface area contributed by atoms with Gasteiger partial charge < -0.3 is 0 Å². The van der Waals surface area contributed by atoms with Crippen LogP contribution >= 0.6 is 0 Å². The molecule has 0 aliphatic rings. The van der Waals surface area contributed by atoms with Crippen LogP contribution in [-0.4, -0.2) is 0 Å². The minimum Gasteiger partial charge on any atom is -0.192 e. The van der Waals surface area contributed by atoms with Crippen molar-refractivity contribution in [3.8, 4) is 6.07 Å². The molecule has 0 heterocycles. The van der Waals surface area contributed by atoms with Gasteiger partial charge in [0.05, 0.1) is 11.6 Å². The predicted octanol–water partition coefficient (Wildman–Crippen LogP) is 9.97. The molecular weight excluding hydrogens is 446 g/mol. The van der Waals surface area contributed by atoms with E-state index in [1.165, 1.54) is 86.4 Å². The number of nitriles is 1. The minimum atomic E-state index is 0.742. The van der Waals surface area contributed by atoms with Crippen molar-refractivity contribution in [3.63, 3.8) is 0 Å². The average molecular weight is 466 g/mol. The molecule has 1 nitrogen and oxygen atoms in total. The molecule has 0 aliphatic heterocycles. The SMILES string of the molecule is Cc1c2cc3c(cc2cc2c4cccc5c(C#N)ccc(c12)c54)c1cc2ccccc2c2cccc3c21. The Morgan fingerprint density at radius 1 is 0.432 bits per heavy atom. The van der Waals surface area contributed by atoms with E-state index in [1.807, 2.05) is 6.07 Å². The van der Waals surface area contributed by atoms with Gasteiger partial charge in [-0.05, 0) is 124 Å². The van der Waals surface area contributed by atoms with Crippen LogP contribution in [0.25, 0.3) is 86.2 Å². The highest BCUT2D eigenvalue weighted by molar-refractivity contribution is 6.37. The topological polar surface area (TPSA) is 23.8 Å². The fourth-order valence-corrected chi connectivity index (χ4v) is 7.17. The normalized spacial score (nSPS) is 12.4. The summed E-state index contributed by atoms with van der Waals surface area (Å²) in [6.07, 6.45) is 0. The van der Waals surface area contributed by atoms with Crippen LogP contribution in [0.3, 0.4) is 0 Å². The summed E-state index contributed by atoms with van der Waals surface area (Å²) in [5, 5.41) is 30.2. The second kappa shape index (κ2) is 6.44. The Morgan fingerprint density at radius 3 is 1.86 bits per heavy atom. The first-order valence-electron chi connectivity index (χ1n) is 12.8. The lowest BCUT2D eigenvalue weighted by Gasteiger charge is -2.07. The van der Waals surface area contributed by atoms with E-state index in [1.54, 1.807) is 0 Å². The maximum atomic E-state index is 9.72. The summed E-state index contributed by atoms with van der Waals surface area (Å²) in [6, 6.07) is 37.9. The van der Waals surface area contributed by atoms with Gasteiger partial charge in [0.2, 0.25) is 0 Å². The lowest BCUT2D eigenvalue weighted by atomic mass is 9.96. The van der Waals surface area contributed by atoms with Crippen LogP contribution in [0.1, 0.15) is 11.1 Å². The molecule has 0 unspecified atom stereocenters. The van der Waals surface area contributed by atoms with Crippen molar-refractivity contribution in [1.82, 2.24) is 0 Å². The van der Waals surface area contributed by atoms with Gasteiger partial charge in [-0.25, -0.2) is 0 Å². The highest BCUT2D eigenvalue weighted by Crippen LogP contribution is 2.46. The Morgan fingerprint density at radius 2 is 1.03 bits per heavy atom. The van der Waals surface area contributed by atoms with Crippen molar-refractivity contribution < 1.29 is 0 Å². The molecule has 0 saturated heterocycles. The van der Waals surface area contributed by atoms with Crippen molar-refractivity contribution in [2.24, 2.45) is 0 Å². The molecule has 0 aromatic heterocycles. The molecule has 0 aliphatic carbocycles. The molecule has 9 aromatic rings. The maximum Gasteiger partial charge on any atom is 0.0998 e. The van der Waals surface area contributed by atoms with Gasteiger partial charge in [0.1, 0.15) is 0 Å². The first-order valence-corrected chi connectivity index (χ1v) is 12.8. The van der Waals surface area contributed by atoms with Gasteiger partial charge in [0.25, 0.3) is 0 Å². The number of rotatable bonds is 0. The number of hydrogen-bond acceptors (Lipinski definition) is 1. The van der Waals surface area contributed by atoms with Crippen molar-refractivity contribution in [3.05, 3.63) is 108 Å². The average Bonchev–Trinajstić information content (AvgIpc) is 3.43. The summed E-state index contributed by atoms with van der Waals surface area (Å²) < 4.78 is 0. The van der Waals surface area contributed by atoms with Crippen LogP contribution in [-0.2, 0) is 0 Å². The Labute approximate surface area is 212 Å². The smallest absolute Gasteiger partial charge is 0.0998 e. The molecule has 0 saturated carbocycles. The van der Waals surface area contributed by atoms with Crippen LogP contribution in [0.5, 0.6) is 0 Å². The summed E-state index contributed by atoms with van der Waals surface area (Å²) in [5.41, 5.74) is 2.05. The fraction of sp³-hybridized carbons (Fsp3) is 0.0278. The zero-order valence-electron chi connectivity index (χ0n) is 20.2. The number of benzene rings is 7. The molecule has 9 aromatic carbocycles. The zero-order chi connectivity index (χ0) is 24.4. The van der Waals surface area contributed by atoms with Crippen LogP contribution in [0.4, 0.5) is 0 Å². The van der Waals surface area contributed by atoms with Crippen molar-refractivity contribution in [1.29, 1.82) is 5.26 Å². The molecule has 0 bridgehead atoms. The van der Waals surface area contributed by atoms with E-state index in [9.17, 15) is 5.26 Å². The standard InChI is InChI=1S/C36H19N/c1-19-29-17-31-26-10-5-9-25-23-7-3-2-6-20(23)14-33(36(25)26)30(31)15-22(29)16-32-27-11-4-8-24-21(18-37)12-13-28(34(19)32)35(24)27/h2-17H,1H3. The van der Waals surface area contributed by atoms with Crippen molar-refractivity contribution in [2.45, 2.75) is 6.92 Å². The van der Waals surface area contributed by atoms with Crippen LogP contribution < -0.4 is 0 Å². The number of nitrogens with zero attached hydrogens (tertiary/aromatic N) is 1. The Balaban J connectivity index is 1.51. The van der Waals surface area contributed by atoms with Gasteiger partial charge in [0, 0.05) is 5.39 Å². The molecule has 0 spiro atoms. The quantitative estimate of drug-likeness (QED) is 0.204. The number of aryl methyl sites for hydroxylation is 1. The molecule has 0 amide bonds. The molecule has 37 heavy (non-hydrogen) atoms. The van der Waals surface area contributed by atoms with E-state index in [2.05, 4.69) is 104 Å². The largest absolute Gasteiger partial charge is 0.192 e. The molecular formula is C36H19N. The predicted molar refractivity (Wildman–Crippen MR) is 158 cm³/mol. The lowest BCUT2D eigenvalue weighted by Crippen LogP contribution is -1.82. The van der Waals surface area contributed by atoms with E-state index < -0.39 is 0 Å². The van der Waals surface area contributed by atoms with Crippen molar-refractivity contribution >= 4 is 86.2 Å². The van der Waals surface area contributed by atoms with E-state index in [-0.39, 0.29) is 0 Å². The van der Waals surface area contributed by atoms with Crippen LogP contribution in [0.2, 0.25) is 0 Å². The molecule has 168 valence electrons. The summed E-state index contributed by atoms with van der Waals surface area (Å²) in [4.78, 5) is 0. The van der Waals surface area contributed by atoms with Gasteiger partial charge in [-0.1, -0.05) is 66.7 Å². The Kier molecular flexibility index (Phi) is 3.35. The first kappa shape index (κ1) is 19.3. The Bertz CT molecular complexity index is 2470. The zero-order valence-corrected chi connectivity index (χ0v) is 20.2. The van der Waals surface area contributed by atoms with Crippen molar-refractivity contribution in [2.75, 3.05) is 0 Å². The van der Waals surface area contributed by atoms with E-state index in [4.69, 9.17) is 0 Å². The van der Waals surface area contributed by atoms with Gasteiger partial charge in [0.15, 0.2) is 0 Å². The van der Waals surface area contributed by atoms with Gasteiger partial charge in [-0.2, -0.15) is 5.26 Å². The third-order valence-electron chi connectivity index (χ3n) is 8.72. The van der Waals surface area contributed by atoms with Gasteiger partial charge in [-0.3, -0.25) is 0 Å². The highest BCUT2D eigenvalue weighted by Gasteiger charge is 2.19. The maximum absolute atomic E-state index is 9.72.